The predicted octanol–water partition coefficient (Wildman–Crippen LogP) is 5.18. The summed E-state index contributed by atoms with van der Waals surface area (Å²) in [5.74, 6) is 0.483. The van der Waals surface area contributed by atoms with Crippen molar-refractivity contribution in [3.8, 4) is 5.75 Å². The molecule has 162 valence electrons. The molecule has 0 unspecified atom stereocenters. The smallest absolute Gasteiger partial charge is 0.234 e. The minimum atomic E-state index is -0.440. The van der Waals surface area contributed by atoms with Crippen molar-refractivity contribution in [1.82, 2.24) is 14.8 Å². The van der Waals surface area contributed by atoms with Crippen molar-refractivity contribution in [1.29, 1.82) is 0 Å². The van der Waals surface area contributed by atoms with E-state index in [0.29, 0.717) is 23.3 Å². The number of nitrogens with one attached hydrogen (secondary N) is 1. The Morgan fingerprint density at radius 3 is 2.84 bits per heavy atom. The SMILES string of the molecule is C=CCn1c(COc2ccc(F)cc2Cl)nnc1SCC(=O)Nc1cc(C)ccc1C. The molecule has 0 atom stereocenters. The van der Waals surface area contributed by atoms with Crippen LogP contribution in [-0.4, -0.2) is 26.4 Å². The lowest BCUT2D eigenvalue weighted by atomic mass is 10.1. The van der Waals surface area contributed by atoms with Crippen LogP contribution in [0, 0.1) is 19.7 Å². The quantitative estimate of drug-likeness (QED) is 0.352. The number of carbonyl (C=O) groups excluding carboxylic acids is 1. The Balaban J connectivity index is 1.64. The number of nitrogens with zero attached hydrogens (tertiary/aromatic N) is 3. The number of thioether (sulfide) groups is 1. The summed E-state index contributed by atoms with van der Waals surface area (Å²) in [6.45, 7) is 8.22. The highest BCUT2D eigenvalue weighted by Crippen LogP contribution is 2.26. The van der Waals surface area contributed by atoms with Crippen LogP contribution in [-0.2, 0) is 17.9 Å². The number of halogens is 2. The lowest BCUT2D eigenvalue weighted by Crippen LogP contribution is -2.15. The van der Waals surface area contributed by atoms with E-state index in [1.807, 2.05) is 32.0 Å². The van der Waals surface area contributed by atoms with Gasteiger partial charge in [0.1, 0.15) is 18.2 Å². The van der Waals surface area contributed by atoms with E-state index in [0.717, 1.165) is 16.8 Å². The van der Waals surface area contributed by atoms with Crippen molar-refractivity contribution >= 4 is 35.0 Å². The van der Waals surface area contributed by atoms with Gasteiger partial charge < -0.3 is 10.1 Å². The summed E-state index contributed by atoms with van der Waals surface area (Å²) in [7, 11) is 0. The Hall–Kier alpha value is -2.84. The molecule has 6 nitrogen and oxygen atoms in total. The van der Waals surface area contributed by atoms with Crippen LogP contribution in [0.1, 0.15) is 17.0 Å². The fourth-order valence-corrected chi connectivity index (χ4v) is 3.75. The summed E-state index contributed by atoms with van der Waals surface area (Å²) in [5.41, 5.74) is 2.87. The molecule has 0 spiro atoms. The summed E-state index contributed by atoms with van der Waals surface area (Å²) in [6.07, 6.45) is 1.71. The highest BCUT2D eigenvalue weighted by atomic mass is 35.5. The molecule has 2 aromatic carbocycles. The second kappa shape index (κ2) is 10.5. The van der Waals surface area contributed by atoms with Crippen molar-refractivity contribution in [2.24, 2.45) is 0 Å². The third-order valence-corrected chi connectivity index (χ3v) is 5.62. The second-order valence-electron chi connectivity index (χ2n) is 6.82. The molecule has 1 aromatic heterocycles. The molecule has 1 amide bonds. The summed E-state index contributed by atoms with van der Waals surface area (Å²) >= 11 is 7.27. The van der Waals surface area contributed by atoms with Gasteiger partial charge in [-0.05, 0) is 49.2 Å². The molecule has 0 aliphatic heterocycles. The summed E-state index contributed by atoms with van der Waals surface area (Å²) in [5, 5.41) is 12.0. The number of hydrogen-bond acceptors (Lipinski definition) is 5. The zero-order chi connectivity index (χ0) is 22.4. The first-order chi connectivity index (χ1) is 14.9. The number of hydrogen-bond donors (Lipinski definition) is 1. The van der Waals surface area contributed by atoms with Gasteiger partial charge >= 0.3 is 0 Å². The molecular weight excluding hydrogens is 439 g/mol. The zero-order valence-electron chi connectivity index (χ0n) is 17.2. The molecule has 31 heavy (non-hydrogen) atoms. The largest absolute Gasteiger partial charge is 0.484 e. The topological polar surface area (TPSA) is 69.0 Å². The zero-order valence-corrected chi connectivity index (χ0v) is 18.8. The molecule has 0 saturated carbocycles. The molecule has 3 rings (SSSR count). The van der Waals surface area contributed by atoms with Crippen LogP contribution in [0.4, 0.5) is 10.1 Å². The lowest BCUT2D eigenvalue weighted by molar-refractivity contribution is -0.113. The molecule has 0 saturated heterocycles. The minimum Gasteiger partial charge on any atom is -0.484 e. The van der Waals surface area contributed by atoms with Gasteiger partial charge in [-0.1, -0.05) is 41.6 Å². The summed E-state index contributed by atoms with van der Waals surface area (Å²) in [6, 6.07) is 9.82. The number of amides is 1. The molecule has 9 heteroatoms. The van der Waals surface area contributed by atoms with Gasteiger partial charge in [0.2, 0.25) is 5.91 Å². The van der Waals surface area contributed by atoms with Crippen molar-refractivity contribution in [3.05, 3.63) is 76.8 Å². The maximum absolute atomic E-state index is 13.2. The first-order valence-electron chi connectivity index (χ1n) is 9.48. The standard InChI is InChI=1S/C22H22ClFN4O2S/c1-4-9-28-20(12-30-19-8-7-16(24)11-17(19)23)26-27-22(28)31-13-21(29)25-18-10-14(2)5-6-15(18)3/h4-8,10-11H,1,9,12-13H2,2-3H3,(H,25,29). The number of allylic oxidation sites excluding steroid dienone is 1. The van der Waals surface area contributed by atoms with E-state index in [2.05, 4.69) is 22.1 Å². The molecule has 0 radical (unpaired) electrons. The first kappa shape index (κ1) is 22.8. The number of ether oxygens (including phenoxy) is 1. The van der Waals surface area contributed by atoms with Gasteiger partial charge in [-0.3, -0.25) is 9.36 Å². The monoisotopic (exact) mass is 460 g/mol. The number of carbonyl (C=O) groups is 1. The average Bonchev–Trinajstić information content (AvgIpc) is 3.10. The van der Waals surface area contributed by atoms with E-state index in [1.54, 1.807) is 10.6 Å². The van der Waals surface area contributed by atoms with Crippen LogP contribution >= 0.6 is 23.4 Å². The Morgan fingerprint density at radius 2 is 2.10 bits per heavy atom. The van der Waals surface area contributed by atoms with Crippen molar-refractivity contribution in [2.75, 3.05) is 11.1 Å². The summed E-state index contributed by atoms with van der Waals surface area (Å²) < 4.78 is 20.7. The normalized spacial score (nSPS) is 10.7. The van der Waals surface area contributed by atoms with Crippen LogP contribution < -0.4 is 10.1 Å². The Kier molecular flexibility index (Phi) is 7.70. The van der Waals surface area contributed by atoms with Crippen LogP contribution in [0.25, 0.3) is 0 Å². The molecule has 3 aromatic rings. The molecule has 0 aliphatic carbocycles. The number of anilines is 1. The van der Waals surface area contributed by atoms with Crippen LogP contribution in [0.5, 0.6) is 5.75 Å². The molecular formula is C22H22ClFN4O2S. The Morgan fingerprint density at radius 1 is 1.29 bits per heavy atom. The van der Waals surface area contributed by atoms with E-state index < -0.39 is 5.82 Å². The van der Waals surface area contributed by atoms with Gasteiger partial charge in [0.25, 0.3) is 0 Å². The van der Waals surface area contributed by atoms with Crippen LogP contribution in [0.15, 0.2) is 54.2 Å². The van der Waals surface area contributed by atoms with Gasteiger partial charge in [0, 0.05) is 12.2 Å². The van der Waals surface area contributed by atoms with Gasteiger partial charge in [-0.15, -0.1) is 16.8 Å². The van der Waals surface area contributed by atoms with E-state index >= 15 is 0 Å². The Labute approximate surface area is 189 Å². The van der Waals surface area contributed by atoms with Crippen molar-refractivity contribution in [2.45, 2.75) is 32.2 Å². The third kappa shape index (κ3) is 6.08. The lowest BCUT2D eigenvalue weighted by Gasteiger charge is -2.11. The molecule has 1 heterocycles. The average molecular weight is 461 g/mol. The van der Waals surface area contributed by atoms with E-state index in [9.17, 15) is 9.18 Å². The molecule has 0 bridgehead atoms. The maximum Gasteiger partial charge on any atom is 0.234 e. The fourth-order valence-electron chi connectivity index (χ4n) is 2.77. The minimum absolute atomic E-state index is 0.0848. The van der Waals surface area contributed by atoms with Crippen molar-refractivity contribution in [3.63, 3.8) is 0 Å². The predicted molar refractivity (Wildman–Crippen MR) is 121 cm³/mol. The fraction of sp³-hybridized carbons (Fsp3) is 0.227. The molecule has 0 fully saturated rings. The third-order valence-electron chi connectivity index (χ3n) is 4.36. The maximum atomic E-state index is 13.2. The van der Waals surface area contributed by atoms with E-state index in [4.69, 9.17) is 16.3 Å². The number of rotatable bonds is 9. The summed E-state index contributed by atoms with van der Waals surface area (Å²) in [4.78, 5) is 12.4. The second-order valence-corrected chi connectivity index (χ2v) is 8.17. The van der Waals surface area contributed by atoms with E-state index in [-0.39, 0.29) is 23.3 Å². The highest BCUT2D eigenvalue weighted by molar-refractivity contribution is 7.99. The molecule has 1 N–H and O–H groups in total. The number of aryl methyl sites for hydroxylation is 2. The van der Waals surface area contributed by atoms with Crippen LogP contribution in [0.3, 0.4) is 0 Å². The van der Waals surface area contributed by atoms with Gasteiger partial charge in [0.05, 0.1) is 10.8 Å². The highest BCUT2D eigenvalue weighted by Gasteiger charge is 2.15. The number of benzene rings is 2. The van der Waals surface area contributed by atoms with Gasteiger partial charge in [-0.25, -0.2) is 4.39 Å². The first-order valence-corrected chi connectivity index (χ1v) is 10.8. The van der Waals surface area contributed by atoms with E-state index in [1.165, 1.54) is 30.0 Å². The van der Waals surface area contributed by atoms with Gasteiger partial charge in [0.15, 0.2) is 11.0 Å². The van der Waals surface area contributed by atoms with Gasteiger partial charge in [-0.2, -0.15) is 0 Å². The van der Waals surface area contributed by atoms with Crippen LogP contribution in [0.2, 0.25) is 5.02 Å². The number of aromatic nitrogens is 3. The van der Waals surface area contributed by atoms with Crippen molar-refractivity contribution < 1.29 is 13.9 Å². The molecule has 0 aliphatic rings. The Bertz CT molecular complexity index is 1100.